The summed E-state index contributed by atoms with van der Waals surface area (Å²) in [5, 5.41) is 18.2. The molecule has 1 aliphatic heterocycles. The molecule has 144 valence electrons. The Morgan fingerprint density at radius 3 is 2.23 bits per heavy atom. The third-order valence-electron chi connectivity index (χ3n) is 4.45. The molecule has 0 radical (unpaired) electrons. The van der Waals surface area contributed by atoms with E-state index in [1.807, 2.05) is 4.90 Å². The number of hydrogen-bond donors (Lipinski definition) is 2. The molecular weight excluding hydrogens is 336 g/mol. The summed E-state index contributed by atoms with van der Waals surface area (Å²) in [6.07, 6.45) is 4.32. The number of benzene rings is 1. The van der Waals surface area contributed by atoms with E-state index in [1.54, 1.807) is 24.3 Å². The van der Waals surface area contributed by atoms with E-state index in [0.717, 1.165) is 38.8 Å². The van der Waals surface area contributed by atoms with Gasteiger partial charge in [0.15, 0.2) is 6.61 Å². The minimum absolute atomic E-state index is 0.0725. The number of ether oxygens (including phenoxy) is 1. The van der Waals surface area contributed by atoms with Gasteiger partial charge in [-0.25, -0.2) is 0 Å². The van der Waals surface area contributed by atoms with Gasteiger partial charge in [0.25, 0.3) is 11.8 Å². The van der Waals surface area contributed by atoms with Crippen molar-refractivity contribution in [3.05, 3.63) is 29.8 Å². The van der Waals surface area contributed by atoms with Gasteiger partial charge in [0, 0.05) is 26.2 Å². The van der Waals surface area contributed by atoms with Crippen LogP contribution < -0.4 is 4.74 Å². The van der Waals surface area contributed by atoms with E-state index in [4.69, 9.17) is 14.9 Å². The fraction of sp³-hybridized carbons (Fsp3) is 0.579. The van der Waals surface area contributed by atoms with Crippen LogP contribution in [0.5, 0.6) is 5.75 Å². The normalized spacial score (nSPS) is 14.6. The standard InChI is InChI=1S/C19H28N2O5/c22-13-11-21(12-14-23)19(25)16-7-3-4-8-17(16)26-15-18(24)20-9-5-1-2-6-10-20/h3-4,7-8,22-23H,1-2,5-6,9-15H2. The Bertz CT molecular complexity index is 579. The number of nitrogens with zero attached hydrogens (tertiary/aromatic N) is 2. The monoisotopic (exact) mass is 364 g/mol. The zero-order chi connectivity index (χ0) is 18.8. The number of rotatable bonds is 8. The van der Waals surface area contributed by atoms with E-state index in [-0.39, 0.29) is 44.7 Å². The first kappa shape index (κ1) is 20.2. The summed E-state index contributed by atoms with van der Waals surface area (Å²) in [7, 11) is 0. The lowest BCUT2D eigenvalue weighted by Crippen LogP contribution is -2.37. The summed E-state index contributed by atoms with van der Waals surface area (Å²) >= 11 is 0. The fourth-order valence-corrected chi connectivity index (χ4v) is 3.05. The minimum Gasteiger partial charge on any atom is -0.483 e. The number of amides is 2. The van der Waals surface area contributed by atoms with Crippen molar-refractivity contribution in [1.82, 2.24) is 9.80 Å². The van der Waals surface area contributed by atoms with Crippen molar-refractivity contribution >= 4 is 11.8 Å². The van der Waals surface area contributed by atoms with Gasteiger partial charge in [0.05, 0.1) is 18.8 Å². The topological polar surface area (TPSA) is 90.3 Å². The Kier molecular flexibility index (Phi) is 8.37. The SMILES string of the molecule is O=C(COc1ccccc1C(=O)N(CCO)CCO)N1CCCCCC1. The molecule has 0 atom stereocenters. The molecule has 2 amide bonds. The molecule has 0 saturated carbocycles. The van der Waals surface area contributed by atoms with Crippen LogP contribution in [0.3, 0.4) is 0 Å². The van der Waals surface area contributed by atoms with Gasteiger partial charge in [-0.1, -0.05) is 25.0 Å². The first-order valence-electron chi connectivity index (χ1n) is 9.18. The Balaban J connectivity index is 2.03. The largest absolute Gasteiger partial charge is 0.483 e. The average Bonchev–Trinajstić information content (AvgIpc) is 2.95. The van der Waals surface area contributed by atoms with Gasteiger partial charge in [-0.3, -0.25) is 9.59 Å². The Labute approximate surface area is 154 Å². The Morgan fingerprint density at radius 1 is 1.00 bits per heavy atom. The predicted octanol–water partition coefficient (Wildman–Crippen LogP) is 0.895. The molecule has 1 aromatic carbocycles. The van der Waals surface area contributed by atoms with Gasteiger partial charge >= 0.3 is 0 Å². The number of aliphatic hydroxyl groups excluding tert-OH is 2. The molecule has 26 heavy (non-hydrogen) atoms. The highest BCUT2D eigenvalue weighted by atomic mass is 16.5. The summed E-state index contributed by atoms with van der Waals surface area (Å²) < 4.78 is 5.66. The van der Waals surface area contributed by atoms with E-state index < -0.39 is 0 Å². The van der Waals surface area contributed by atoms with Crippen LogP contribution in [-0.2, 0) is 4.79 Å². The molecule has 1 saturated heterocycles. The number of para-hydroxylation sites is 1. The number of likely N-dealkylation sites (tertiary alicyclic amines) is 1. The maximum Gasteiger partial charge on any atom is 0.260 e. The van der Waals surface area contributed by atoms with Crippen LogP contribution in [0.1, 0.15) is 36.0 Å². The second-order valence-electron chi connectivity index (χ2n) is 6.32. The molecule has 1 fully saturated rings. The van der Waals surface area contributed by atoms with Crippen molar-refractivity contribution in [3.8, 4) is 5.75 Å². The molecule has 2 N–H and O–H groups in total. The van der Waals surface area contributed by atoms with Crippen molar-refractivity contribution < 1.29 is 24.5 Å². The highest BCUT2D eigenvalue weighted by Gasteiger charge is 2.21. The Hall–Kier alpha value is -2.12. The predicted molar refractivity (Wildman–Crippen MR) is 97.1 cm³/mol. The Morgan fingerprint density at radius 2 is 1.62 bits per heavy atom. The lowest BCUT2D eigenvalue weighted by atomic mass is 10.1. The average molecular weight is 364 g/mol. The molecule has 7 nitrogen and oxygen atoms in total. The molecule has 0 aromatic heterocycles. The third-order valence-corrected chi connectivity index (χ3v) is 4.45. The molecule has 0 unspecified atom stereocenters. The molecule has 1 heterocycles. The third kappa shape index (κ3) is 5.71. The van der Waals surface area contributed by atoms with Crippen LogP contribution in [0, 0.1) is 0 Å². The van der Waals surface area contributed by atoms with Gasteiger partial charge < -0.3 is 24.7 Å². The highest BCUT2D eigenvalue weighted by Crippen LogP contribution is 2.20. The van der Waals surface area contributed by atoms with E-state index in [0.29, 0.717) is 11.3 Å². The van der Waals surface area contributed by atoms with Crippen LogP contribution in [0.2, 0.25) is 0 Å². The quantitative estimate of drug-likeness (QED) is 0.715. The van der Waals surface area contributed by atoms with Crippen LogP contribution in [0.25, 0.3) is 0 Å². The smallest absolute Gasteiger partial charge is 0.260 e. The molecule has 1 aliphatic rings. The number of aliphatic hydroxyl groups is 2. The lowest BCUT2D eigenvalue weighted by molar-refractivity contribution is -0.133. The summed E-state index contributed by atoms with van der Waals surface area (Å²) in [5.41, 5.74) is 0.318. The molecular formula is C19H28N2O5. The lowest BCUT2D eigenvalue weighted by Gasteiger charge is -2.23. The number of carbonyl (C=O) groups is 2. The van der Waals surface area contributed by atoms with Crippen molar-refractivity contribution in [1.29, 1.82) is 0 Å². The van der Waals surface area contributed by atoms with Gasteiger partial charge in [0.1, 0.15) is 5.75 Å². The molecule has 0 aliphatic carbocycles. The second-order valence-corrected chi connectivity index (χ2v) is 6.32. The molecule has 2 rings (SSSR count). The highest BCUT2D eigenvalue weighted by molar-refractivity contribution is 5.97. The first-order chi connectivity index (χ1) is 12.7. The van der Waals surface area contributed by atoms with Gasteiger partial charge in [-0.15, -0.1) is 0 Å². The molecule has 1 aromatic rings. The van der Waals surface area contributed by atoms with Gasteiger partial charge in [0.2, 0.25) is 0 Å². The second kappa shape index (κ2) is 10.8. The summed E-state index contributed by atoms with van der Waals surface area (Å²) in [6, 6.07) is 6.73. The summed E-state index contributed by atoms with van der Waals surface area (Å²) in [4.78, 5) is 28.2. The zero-order valence-electron chi connectivity index (χ0n) is 15.1. The molecule has 0 spiro atoms. The van der Waals surface area contributed by atoms with Gasteiger partial charge in [-0.05, 0) is 25.0 Å². The van der Waals surface area contributed by atoms with Gasteiger partial charge in [-0.2, -0.15) is 0 Å². The number of hydrogen-bond acceptors (Lipinski definition) is 5. The van der Waals surface area contributed by atoms with Crippen LogP contribution in [0.4, 0.5) is 0 Å². The fourth-order valence-electron chi connectivity index (χ4n) is 3.05. The maximum atomic E-state index is 12.7. The number of carbonyl (C=O) groups excluding carboxylic acids is 2. The van der Waals surface area contributed by atoms with Crippen LogP contribution in [-0.4, -0.2) is 77.8 Å². The van der Waals surface area contributed by atoms with Crippen molar-refractivity contribution in [2.75, 3.05) is 46.0 Å². The van der Waals surface area contributed by atoms with Crippen molar-refractivity contribution in [2.45, 2.75) is 25.7 Å². The van der Waals surface area contributed by atoms with E-state index in [9.17, 15) is 9.59 Å². The molecule has 0 bridgehead atoms. The van der Waals surface area contributed by atoms with Crippen molar-refractivity contribution in [3.63, 3.8) is 0 Å². The van der Waals surface area contributed by atoms with Crippen LogP contribution >= 0.6 is 0 Å². The zero-order valence-corrected chi connectivity index (χ0v) is 15.1. The van der Waals surface area contributed by atoms with E-state index >= 15 is 0 Å². The summed E-state index contributed by atoms with van der Waals surface area (Å²) in [5.74, 6) is -0.0794. The first-order valence-corrected chi connectivity index (χ1v) is 9.18. The summed E-state index contributed by atoms with van der Waals surface area (Å²) in [6.45, 7) is 1.27. The minimum atomic E-state index is -0.342. The van der Waals surface area contributed by atoms with E-state index in [1.165, 1.54) is 4.90 Å². The van der Waals surface area contributed by atoms with E-state index in [2.05, 4.69) is 0 Å². The van der Waals surface area contributed by atoms with Crippen LogP contribution in [0.15, 0.2) is 24.3 Å². The molecule has 7 heteroatoms. The maximum absolute atomic E-state index is 12.7. The van der Waals surface area contributed by atoms with Crippen molar-refractivity contribution in [2.24, 2.45) is 0 Å².